The van der Waals surface area contributed by atoms with Crippen LogP contribution in [0.15, 0.2) is 18.3 Å². The SMILES string of the molecule is COc1cc(C)nc(Nc2c(C#N)ncc(C3C(O)CCSC3O)c2N)c1. The summed E-state index contributed by atoms with van der Waals surface area (Å²) in [5.41, 5.74) is 7.42. The Morgan fingerprint density at radius 2 is 2.19 bits per heavy atom. The predicted molar refractivity (Wildman–Crippen MR) is 104 cm³/mol. The van der Waals surface area contributed by atoms with Crippen molar-refractivity contribution in [1.29, 1.82) is 5.26 Å². The summed E-state index contributed by atoms with van der Waals surface area (Å²) in [6.07, 6.45) is 1.26. The molecular formula is C18H21N5O3S. The van der Waals surface area contributed by atoms with Gasteiger partial charge in [-0.3, -0.25) is 0 Å². The van der Waals surface area contributed by atoms with E-state index in [1.165, 1.54) is 18.0 Å². The maximum absolute atomic E-state index is 10.4. The first-order valence-corrected chi connectivity index (χ1v) is 9.45. The molecule has 0 saturated carbocycles. The zero-order valence-corrected chi connectivity index (χ0v) is 15.8. The van der Waals surface area contributed by atoms with Crippen LogP contribution < -0.4 is 15.8 Å². The first-order valence-electron chi connectivity index (χ1n) is 8.40. The molecule has 27 heavy (non-hydrogen) atoms. The number of nitrogen functional groups attached to an aromatic ring is 1. The van der Waals surface area contributed by atoms with Gasteiger partial charge in [-0.2, -0.15) is 5.26 Å². The number of nitrogens with two attached hydrogens (primary N) is 1. The Bertz CT molecular complexity index is 876. The lowest BCUT2D eigenvalue weighted by atomic mass is 9.91. The standard InChI is InChI=1S/C18H21N5O3S/c1-9-5-10(26-2)6-14(22-9)23-17-12(7-19)21-8-11(16(17)20)15-13(24)3-4-27-18(15)25/h5-6,8,13,15,18,24-25H,3-4H2,1-2H3,(H2,20,21)(H,22,23). The van der Waals surface area contributed by atoms with E-state index >= 15 is 0 Å². The average Bonchev–Trinajstić information content (AvgIpc) is 2.64. The number of nitrogens with zero attached hydrogens (tertiary/aromatic N) is 3. The average molecular weight is 387 g/mol. The molecule has 1 aliphatic rings. The van der Waals surface area contributed by atoms with Crippen molar-refractivity contribution in [3.63, 3.8) is 0 Å². The lowest BCUT2D eigenvalue weighted by Gasteiger charge is -2.33. The van der Waals surface area contributed by atoms with E-state index in [0.29, 0.717) is 35.0 Å². The van der Waals surface area contributed by atoms with Crippen LogP contribution in [0.25, 0.3) is 0 Å². The number of anilines is 3. The van der Waals surface area contributed by atoms with Crippen molar-refractivity contribution in [2.45, 2.75) is 30.8 Å². The zero-order valence-electron chi connectivity index (χ0n) is 15.0. The highest BCUT2D eigenvalue weighted by atomic mass is 32.2. The third-order valence-electron chi connectivity index (χ3n) is 4.45. The Kier molecular flexibility index (Phi) is 5.70. The van der Waals surface area contributed by atoms with Crippen molar-refractivity contribution in [2.75, 3.05) is 23.9 Å². The van der Waals surface area contributed by atoms with E-state index in [2.05, 4.69) is 15.3 Å². The molecule has 1 saturated heterocycles. The minimum absolute atomic E-state index is 0.103. The molecule has 0 radical (unpaired) electrons. The molecule has 0 amide bonds. The molecule has 1 aliphatic heterocycles. The second-order valence-corrected chi connectivity index (χ2v) is 7.49. The maximum atomic E-state index is 10.4. The fourth-order valence-corrected chi connectivity index (χ4v) is 4.26. The van der Waals surface area contributed by atoms with Gasteiger partial charge in [0.05, 0.1) is 18.9 Å². The number of nitrogens with one attached hydrogen (secondary N) is 1. The smallest absolute Gasteiger partial charge is 0.166 e. The topological polar surface area (TPSA) is 137 Å². The number of nitriles is 1. The normalized spacial score (nSPS) is 22.1. The lowest BCUT2D eigenvalue weighted by molar-refractivity contribution is 0.0842. The Morgan fingerprint density at radius 3 is 2.85 bits per heavy atom. The molecule has 5 N–H and O–H groups in total. The summed E-state index contributed by atoms with van der Waals surface area (Å²) in [7, 11) is 1.55. The van der Waals surface area contributed by atoms with E-state index in [1.807, 2.05) is 13.0 Å². The molecule has 9 heteroatoms. The van der Waals surface area contributed by atoms with Crippen molar-refractivity contribution in [1.82, 2.24) is 9.97 Å². The molecule has 142 valence electrons. The number of aromatic nitrogens is 2. The van der Waals surface area contributed by atoms with Crippen LogP contribution in [0.1, 0.15) is 29.3 Å². The van der Waals surface area contributed by atoms with Gasteiger partial charge in [0.25, 0.3) is 0 Å². The molecule has 0 aliphatic carbocycles. The molecule has 8 nitrogen and oxygen atoms in total. The van der Waals surface area contributed by atoms with Gasteiger partial charge in [-0.15, -0.1) is 11.8 Å². The van der Waals surface area contributed by atoms with Gasteiger partial charge < -0.3 is 26.0 Å². The molecule has 3 unspecified atom stereocenters. The molecule has 3 rings (SSSR count). The monoisotopic (exact) mass is 387 g/mol. The van der Waals surface area contributed by atoms with E-state index in [0.717, 1.165) is 5.69 Å². The molecule has 3 atom stereocenters. The van der Waals surface area contributed by atoms with Crippen LogP contribution >= 0.6 is 11.8 Å². The molecule has 0 spiro atoms. The summed E-state index contributed by atoms with van der Waals surface area (Å²) < 4.78 is 5.25. The van der Waals surface area contributed by atoms with Gasteiger partial charge in [-0.1, -0.05) is 0 Å². The lowest BCUT2D eigenvalue weighted by Crippen LogP contribution is -2.33. The van der Waals surface area contributed by atoms with Crippen LogP contribution in [-0.4, -0.2) is 44.6 Å². The van der Waals surface area contributed by atoms with Crippen LogP contribution in [0, 0.1) is 18.3 Å². The van der Waals surface area contributed by atoms with E-state index in [9.17, 15) is 15.5 Å². The van der Waals surface area contributed by atoms with E-state index < -0.39 is 17.5 Å². The van der Waals surface area contributed by atoms with Crippen molar-refractivity contribution < 1.29 is 14.9 Å². The summed E-state index contributed by atoms with van der Waals surface area (Å²) in [5.74, 6) is 1.15. The summed E-state index contributed by atoms with van der Waals surface area (Å²) in [5, 5.41) is 33.2. The second-order valence-electron chi connectivity index (χ2n) is 6.26. The van der Waals surface area contributed by atoms with E-state index in [-0.39, 0.29) is 11.4 Å². The van der Waals surface area contributed by atoms with Gasteiger partial charge in [0.15, 0.2) is 5.69 Å². The number of rotatable bonds is 4. The largest absolute Gasteiger partial charge is 0.497 e. The van der Waals surface area contributed by atoms with Gasteiger partial charge in [-0.05, 0) is 19.1 Å². The zero-order chi connectivity index (χ0) is 19.6. The Hall–Kier alpha value is -2.54. The van der Waals surface area contributed by atoms with E-state index in [4.69, 9.17) is 10.5 Å². The molecule has 2 aromatic heterocycles. The number of hydrogen-bond acceptors (Lipinski definition) is 9. The van der Waals surface area contributed by atoms with Crippen LogP contribution in [0.5, 0.6) is 5.75 Å². The van der Waals surface area contributed by atoms with Gasteiger partial charge in [0, 0.05) is 35.5 Å². The Balaban J connectivity index is 2.04. The number of aliphatic hydroxyl groups excluding tert-OH is 2. The third-order valence-corrected chi connectivity index (χ3v) is 5.56. The number of hydrogen-bond donors (Lipinski definition) is 4. The Morgan fingerprint density at radius 1 is 1.41 bits per heavy atom. The molecule has 0 bridgehead atoms. The first-order chi connectivity index (χ1) is 12.9. The molecule has 1 fully saturated rings. The van der Waals surface area contributed by atoms with Crippen molar-refractivity contribution in [3.8, 4) is 11.8 Å². The first kappa shape index (κ1) is 19.2. The fourth-order valence-electron chi connectivity index (χ4n) is 3.11. The summed E-state index contributed by atoms with van der Waals surface area (Å²) in [6.45, 7) is 1.82. The van der Waals surface area contributed by atoms with Gasteiger partial charge in [0.2, 0.25) is 0 Å². The number of methoxy groups -OCH3 is 1. The van der Waals surface area contributed by atoms with Gasteiger partial charge in [-0.25, -0.2) is 9.97 Å². The minimum Gasteiger partial charge on any atom is -0.497 e. The number of pyridine rings is 2. The molecule has 3 heterocycles. The maximum Gasteiger partial charge on any atom is 0.166 e. The van der Waals surface area contributed by atoms with Crippen LogP contribution in [0.3, 0.4) is 0 Å². The predicted octanol–water partition coefficient (Wildman–Crippen LogP) is 1.89. The van der Waals surface area contributed by atoms with Crippen molar-refractivity contribution >= 4 is 29.0 Å². The second kappa shape index (κ2) is 8.00. The molecule has 2 aromatic rings. The Labute approximate surface area is 161 Å². The summed E-state index contributed by atoms with van der Waals surface area (Å²) >= 11 is 1.36. The van der Waals surface area contributed by atoms with Crippen molar-refractivity contribution in [2.24, 2.45) is 0 Å². The highest BCUT2D eigenvalue weighted by Crippen LogP contribution is 2.41. The quantitative estimate of drug-likeness (QED) is 0.619. The van der Waals surface area contributed by atoms with E-state index in [1.54, 1.807) is 19.2 Å². The highest BCUT2D eigenvalue weighted by molar-refractivity contribution is 7.99. The summed E-state index contributed by atoms with van der Waals surface area (Å²) in [6, 6.07) is 5.47. The van der Waals surface area contributed by atoms with Gasteiger partial charge in [0.1, 0.15) is 28.8 Å². The number of thioether (sulfide) groups is 1. The molecular weight excluding hydrogens is 366 g/mol. The number of aliphatic hydroxyl groups is 2. The van der Waals surface area contributed by atoms with Crippen LogP contribution in [0.2, 0.25) is 0 Å². The fraction of sp³-hybridized carbons (Fsp3) is 0.389. The highest BCUT2D eigenvalue weighted by Gasteiger charge is 2.35. The summed E-state index contributed by atoms with van der Waals surface area (Å²) in [4.78, 5) is 8.55. The van der Waals surface area contributed by atoms with Gasteiger partial charge >= 0.3 is 0 Å². The minimum atomic E-state index is -0.796. The molecule has 0 aromatic carbocycles. The number of ether oxygens (including phenoxy) is 1. The third kappa shape index (κ3) is 3.93. The van der Waals surface area contributed by atoms with Crippen molar-refractivity contribution in [3.05, 3.63) is 35.3 Å². The van der Waals surface area contributed by atoms with Crippen LogP contribution in [0.4, 0.5) is 17.2 Å². The number of aryl methyl sites for hydroxylation is 1. The van der Waals surface area contributed by atoms with Crippen LogP contribution in [-0.2, 0) is 0 Å².